The van der Waals surface area contributed by atoms with Crippen molar-refractivity contribution in [2.24, 2.45) is 4.99 Å². The number of allylic oxidation sites excluding steroid dienone is 2. The first-order valence-electron chi connectivity index (χ1n) is 7.23. The molecule has 0 atom stereocenters. The van der Waals surface area contributed by atoms with Gasteiger partial charge in [0.2, 0.25) is 5.90 Å². The lowest BCUT2D eigenvalue weighted by Gasteiger charge is -1.98. The van der Waals surface area contributed by atoms with Crippen LogP contribution in [0.5, 0.6) is 0 Å². The number of nitrogens with zero attached hydrogens (tertiary/aromatic N) is 2. The number of nitro groups is 1. The molecule has 2 aromatic rings. The number of nitro benzene ring substituents is 1. The van der Waals surface area contributed by atoms with Crippen LogP contribution in [0, 0.1) is 13.7 Å². The van der Waals surface area contributed by atoms with E-state index in [2.05, 4.69) is 27.6 Å². The highest BCUT2D eigenvalue weighted by molar-refractivity contribution is 14.1. The minimum absolute atomic E-state index is 0.00535. The van der Waals surface area contributed by atoms with E-state index in [-0.39, 0.29) is 17.3 Å². The number of carbonyl (C=O) groups is 1. The highest BCUT2D eigenvalue weighted by Crippen LogP contribution is 2.20. The number of rotatable bonds is 4. The molecular formula is C18H11IN2O4. The van der Waals surface area contributed by atoms with Crippen molar-refractivity contribution < 1.29 is 14.5 Å². The summed E-state index contributed by atoms with van der Waals surface area (Å²) in [6.45, 7) is 0. The van der Waals surface area contributed by atoms with E-state index in [0.29, 0.717) is 11.1 Å². The molecule has 0 aromatic heterocycles. The zero-order valence-corrected chi connectivity index (χ0v) is 14.9. The number of halogens is 1. The van der Waals surface area contributed by atoms with E-state index in [1.807, 2.05) is 24.3 Å². The molecule has 0 N–H and O–H groups in total. The van der Waals surface area contributed by atoms with Crippen LogP contribution in [-0.2, 0) is 9.53 Å². The third-order valence-electron chi connectivity index (χ3n) is 3.38. The predicted octanol–water partition coefficient (Wildman–Crippen LogP) is 4.10. The zero-order valence-electron chi connectivity index (χ0n) is 12.8. The molecule has 0 saturated carbocycles. The van der Waals surface area contributed by atoms with Crippen molar-refractivity contribution in [3.8, 4) is 0 Å². The van der Waals surface area contributed by atoms with Gasteiger partial charge in [-0.2, -0.15) is 0 Å². The van der Waals surface area contributed by atoms with Gasteiger partial charge in [0.05, 0.1) is 10.5 Å². The van der Waals surface area contributed by atoms with Crippen LogP contribution in [-0.4, -0.2) is 16.8 Å². The number of carbonyl (C=O) groups excluding carboxylic acids is 1. The average molecular weight is 446 g/mol. The van der Waals surface area contributed by atoms with Crippen molar-refractivity contribution >= 4 is 46.2 Å². The standard InChI is InChI=1S/C18H11IN2O4/c19-14-10-8-13(9-11-14)17-20-15(18(22)25-17)6-3-5-12-4-1-2-7-16(12)21(23)24/h1-11H. The molecule has 0 radical (unpaired) electrons. The maximum atomic E-state index is 11.9. The summed E-state index contributed by atoms with van der Waals surface area (Å²) in [5.41, 5.74) is 1.29. The predicted molar refractivity (Wildman–Crippen MR) is 102 cm³/mol. The third kappa shape index (κ3) is 4.00. The van der Waals surface area contributed by atoms with Gasteiger partial charge in [0.25, 0.3) is 5.69 Å². The lowest BCUT2D eigenvalue weighted by atomic mass is 10.1. The molecule has 0 fully saturated rings. The highest BCUT2D eigenvalue weighted by Gasteiger charge is 2.23. The second kappa shape index (κ2) is 7.39. The normalized spacial score (nSPS) is 15.5. The van der Waals surface area contributed by atoms with Gasteiger partial charge in [-0.05, 0) is 65.1 Å². The average Bonchev–Trinajstić information content (AvgIpc) is 2.97. The number of para-hydroxylation sites is 1. The maximum Gasteiger partial charge on any atom is 0.363 e. The number of hydrogen-bond donors (Lipinski definition) is 0. The quantitative estimate of drug-likeness (QED) is 0.233. The van der Waals surface area contributed by atoms with E-state index in [0.717, 1.165) is 3.57 Å². The molecule has 1 aliphatic rings. The van der Waals surface area contributed by atoms with Crippen molar-refractivity contribution in [2.75, 3.05) is 0 Å². The number of esters is 1. The summed E-state index contributed by atoms with van der Waals surface area (Å²) in [6, 6.07) is 13.8. The lowest BCUT2D eigenvalue weighted by Crippen LogP contribution is -2.05. The first kappa shape index (κ1) is 17.0. The molecule has 0 amide bonds. The van der Waals surface area contributed by atoms with Crippen molar-refractivity contribution in [1.29, 1.82) is 0 Å². The van der Waals surface area contributed by atoms with Gasteiger partial charge in [0.15, 0.2) is 5.70 Å². The first-order valence-corrected chi connectivity index (χ1v) is 8.31. The molecule has 6 nitrogen and oxygen atoms in total. The van der Waals surface area contributed by atoms with E-state index in [4.69, 9.17) is 4.74 Å². The van der Waals surface area contributed by atoms with Crippen molar-refractivity contribution in [3.63, 3.8) is 0 Å². The molecule has 0 bridgehead atoms. The Bertz CT molecular complexity index is 930. The number of aliphatic imine (C=N–C) groups is 1. The maximum absolute atomic E-state index is 11.9. The van der Waals surface area contributed by atoms with Crippen LogP contribution in [0.2, 0.25) is 0 Å². The van der Waals surface area contributed by atoms with Crippen LogP contribution < -0.4 is 0 Å². The minimum atomic E-state index is -0.555. The number of ether oxygens (including phenoxy) is 1. The summed E-state index contributed by atoms with van der Waals surface area (Å²) in [4.78, 5) is 26.6. The monoisotopic (exact) mass is 446 g/mol. The SMILES string of the molecule is O=C1OC(c2ccc(I)cc2)=NC1=CC=Cc1ccccc1[N+](=O)[O-]. The summed E-state index contributed by atoms with van der Waals surface area (Å²) in [6.07, 6.45) is 4.56. The summed E-state index contributed by atoms with van der Waals surface area (Å²) < 4.78 is 6.23. The number of hydrogen-bond acceptors (Lipinski definition) is 5. The minimum Gasteiger partial charge on any atom is -0.402 e. The second-order valence-electron chi connectivity index (χ2n) is 5.04. The molecule has 124 valence electrons. The van der Waals surface area contributed by atoms with E-state index >= 15 is 0 Å². The van der Waals surface area contributed by atoms with Gasteiger partial charge in [0, 0.05) is 15.2 Å². The van der Waals surface area contributed by atoms with Gasteiger partial charge in [-0.3, -0.25) is 10.1 Å². The van der Waals surface area contributed by atoms with E-state index in [1.54, 1.807) is 30.4 Å². The Kier molecular flexibility index (Phi) is 5.03. The van der Waals surface area contributed by atoms with Gasteiger partial charge in [-0.15, -0.1) is 0 Å². The van der Waals surface area contributed by atoms with Gasteiger partial charge >= 0.3 is 5.97 Å². The largest absolute Gasteiger partial charge is 0.402 e. The van der Waals surface area contributed by atoms with Crippen LogP contribution in [0.25, 0.3) is 6.08 Å². The molecule has 0 unspecified atom stereocenters. The van der Waals surface area contributed by atoms with Crippen LogP contribution in [0.4, 0.5) is 5.69 Å². The Morgan fingerprint density at radius 1 is 1.12 bits per heavy atom. The highest BCUT2D eigenvalue weighted by atomic mass is 127. The lowest BCUT2D eigenvalue weighted by molar-refractivity contribution is -0.385. The van der Waals surface area contributed by atoms with Crippen molar-refractivity contribution in [2.45, 2.75) is 0 Å². The fourth-order valence-electron chi connectivity index (χ4n) is 2.18. The molecule has 7 heteroatoms. The molecule has 1 aliphatic heterocycles. The fraction of sp³-hybridized carbons (Fsp3) is 0. The second-order valence-corrected chi connectivity index (χ2v) is 6.29. The van der Waals surface area contributed by atoms with E-state index < -0.39 is 10.9 Å². The summed E-state index contributed by atoms with van der Waals surface area (Å²) in [5.74, 6) is -0.312. The Balaban J connectivity index is 1.83. The Morgan fingerprint density at radius 3 is 2.56 bits per heavy atom. The van der Waals surface area contributed by atoms with Crippen LogP contribution in [0.3, 0.4) is 0 Å². The fourth-order valence-corrected chi connectivity index (χ4v) is 2.54. The summed E-state index contributed by atoms with van der Waals surface area (Å²) >= 11 is 2.18. The molecule has 0 aliphatic carbocycles. The molecule has 25 heavy (non-hydrogen) atoms. The molecular weight excluding hydrogens is 435 g/mol. The molecule has 0 saturated heterocycles. The van der Waals surface area contributed by atoms with Gasteiger partial charge in [-0.25, -0.2) is 9.79 Å². The smallest absolute Gasteiger partial charge is 0.363 e. The summed E-state index contributed by atoms with van der Waals surface area (Å²) in [5, 5.41) is 11.0. The zero-order chi connectivity index (χ0) is 17.8. The third-order valence-corrected chi connectivity index (χ3v) is 4.09. The molecule has 2 aromatic carbocycles. The van der Waals surface area contributed by atoms with Crippen molar-refractivity contribution in [1.82, 2.24) is 0 Å². The van der Waals surface area contributed by atoms with Gasteiger partial charge in [0.1, 0.15) is 0 Å². The van der Waals surface area contributed by atoms with Crippen LogP contribution in [0.15, 0.2) is 71.4 Å². The molecule has 0 spiro atoms. The Hall–Kier alpha value is -2.81. The van der Waals surface area contributed by atoms with Crippen LogP contribution >= 0.6 is 22.6 Å². The number of cyclic esters (lactones) is 1. The van der Waals surface area contributed by atoms with Gasteiger partial charge in [-0.1, -0.05) is 18.2 Å². The summed E-state index contributed by atoms with van der Waals surface area (Å²) in [7, 11) is 0. The van der Waals surface area contributed by atoms with E-state index in [1.165, 1.54) is 12.1 Å². The molecule has 3 rings (SSSR count). The van der Waals surface area contributed by atoms with Crippen LogP contribution in [0.1, 0.15) is 11.1 Å². The first-order chi connectivity index (χ1) is 12.0. The van der Waals surface area contributed by atoms with E-state index in [9.17, 15) is 14.9 Å². The Labute approximate surface area is 156 Å². The topological polar surface area (TPSA) is 81.8 Å². The molecule has 1 heterocycles. The van der Waals surface area contributed by atoms with Gasteiger partial charge < -0.3 is 4.74 Å². The van der Waals surface area contributed by atoms with Crippen molar-refractivity contribution in [3.05, 3.63) is 91.2 Å². The number of benzene rings is 2. The Morgan fingerprint density at radius 2 is 1.84 bits per heavy atom.